The van der Waals surface area contributed by atoms with Crippen LogP contribution < -0.4 is 5.32 Å². The minimum absolute atomic E-state index is 0.210. The van der Waals surface area contributed by atoms with Crippen LogP contribution in [-0.4, -0.2) is 35.2 Å². The summed E-state index contributed by atoms with van der Waals surface area (Å²) in [6.45, 7) is 5.69. The highest BCUT2D eigenvalue weighted by Gasteiger charge is 2.19. The van der Waals surface area contributed by atoms with Gasteiger partial charge in [-0.3, -0.25) is 0 Å². The Morgan fingerprint density at radius 1 is 1.39 bits per heavy atom. The molecule has 0 saturated carbocycles. The average Bonchev–Trinajstić information content (AvgIpc) is 2.27. The van der Waals surface area contributed by atoms with Crippen LogP contribution in [0.1, 0.15) is 26.3 Å². The van der Waals surface area contributed by atoms with Crippen LogP contribution in [0.2, 0.25) is 0 Å². The van der Waals surface area contributed by atoms with Crippen molar-refractivity contribution < 1.29 is 9.90 Å². The van der Waals surface area contributed by atoms with Crippen molar-refractivity contribution in [3.05, 3.63) is 29.8 Å². The molecule has 0 radical (unpaired) electrons. The second kappa shape index (κ2) is 5.87. The zero-order chi connectivity index (χ0) is 13.8. The van der Waals surface area contributed by atoms with Crippen molar-refractivity contribution in [2.75, 3.05) is 18.9 Å². The summed E-state index contributed by atoms with van der Waals surface area (Å²) < 4.78 is 0. The molecular formula is C14H22N2O2. The van der Waals surface area contributed by atoms with E-state index in [1.54, 1.807) is 20.9 Å². The smallest absolute Gasteiger partial charge is 0.321 e. The highest BCUT2D eigenvalue weighted by molar-refractivity contribution is 5.90. The summed E-state index contributed by atoms with van der Waals surface area (Å²) in [7, 11) is 1.67. The number of urea groups is 1. The normalized spacial score (nSPS) is 11.2. The van der Waals surface area contributed by atoms with Gasteiger partial charge < -0.3 is 15.3 Å². The largest absolute Gasteiger partial charge is 0.389 e. The number of hydrogen-bond donors (Lipinski definition) is 2. The van der Waals surface area contributed by atoms with Crippen molar-refractivity contribution in [1.82, 2.24) is 4.90 Å². The lowest BCUT2D eigenvalue weighted by atomic mass is 10.1. The number of aliphatic hydroxyl groups is 1. The van der Waals surface area contributed by atoms with Gasteiger partial charge in [-0.15, -0.1) is 0 Å². The molecule has 100 valence electrons. The number of nitrogens with one attached hydrogen (secondary N) is 1. The van der Waals surface area contributed by atoms with Gasteiger partial charge in [0.15, 0.2) is 0 Å². The number of para-hydroxylation sites is 1. The molecule has 2 amide bonds. The first kappa shape index (κ1) is 14.5. The number of carbonyl (C=O) groups is 1. The number of anilines is 1. The Labute approximate surface area is 109 Å². The topological polar surface area (TPSA) is 52.6 Å². The lowest BCUT2D eigenvalue weighted by Gasteiger charge is -2.26. The third-order valence-electron chi connectivity index (χ3n) is 2.61. The van der Waals surface area contributed by atoms with Crippen molar-refractivity contribution in [2.45, 2.75) is 32.8 Å². The number of aryl methyl sites for hydroxylation is 1. The molecule has 1 aromatic rings. The van der Waals surface area contributed by atoms with E-state index < -0.39 is 5.60 Å². The van der Waals surface area contributed by atoms with E-state index in [-0.39, 0.29) is 12.6 Å². The maximum absolute atomic E-state index is 12.0. The molecule has 0 heterocycles. The fourth-order valence-electron chi connectivity index (χ4n) is 1.81. The fraction of sp³-hybridized carbons (Fsp3) is 0.500. The minimum Gasteiger partial charge on any atom is -0.389 e. The first-order valence-electron chi connectivity index (χ1n) is 6.16. The number of nitrogens with zero attached hydrogens (tertiary/aromatic N) is 1. The molecule has 1 rings (SSSR count). The van der Waals surface area contributed by atoms with Crippen molar-refractivity contribution in [2.24, 2.45) is 0 Å². The number of amides is 2. The third kappa shape index (κ3) is 4.37. The number of carbonyl (C=O) groups excluding carboxylic acids is 1. The van der Waals surface area contributed by atoms with Gasteiger partial charge >= 0.3 is 6.03 Å². The van der Waals surface area contributed by atoms with E-state index in [1.165, 1.54) is 4.90 Å². The molecule has 1 aromatic carbocycles. The first-order valence-corrected chi connectivity index (χ1v) is 6.16. The Kier molecular flexibility index (Phi) is 4.73. The molecule has 4 heteroatoms. The minimum atomic E-state index is -0.892. The summed E-state index contributed by atoms with van der Waals surface area (Å²) in [5.41, 5.74) is 1.03. The van der Waals surface area contributed by atoms with Crippen LogP contribution in [0.4, 0.5) is 10.5 Å². The molecule has 0 saturated heterocycles. The van der Waals surface area contributed by atoms with Gasteiger partial charge in [0.1, 0.15) is 0 Å². The SMILES string of the molecule is CCc1ccccc1NC(=O)N(C)CC(C)(C)O. The summed E-state index contributed by atoms with van der Waals surface area (Å²) in [4.78, 5) is 13.4. The van der Waals surface area contributed by atoms with E-state index in [0.29, 0.717) is 0 Å². The van der Waals surface area contributed by atoms with Crippen LogP contribution in [0, 0.1) is 0 Å². The van der Waals surface area contributed by atoms with Crippen LogP contribution in [0.3, 0.4) is 0 Å². The third-order valence-corrected chi connectivity index (χ3v) is 2.61. The average molecular weight is 250 g/mol. The second-order valence-corrected chi connectivity index (χ2v) is 5.11. The zero-order valence-corrected chi connectivity index (χ0v) is 11.5. The molecule has 0 fully saturated rings. The van der Waals surface area contributed by atoms with Crippen molar-refractivity contribution in [3.8, 4) is 0 Å². The molecule has 0 aromatic heterocycles. The Bertz CT molecular complexity index is 411. The van der Waals surface area contributed by atoms with Gasteiger partial charge in [-0.05, 0) is 31.9 Å². The monoisotopic (exact) mass is 250 g/mol. The molecule has 18 heavy (non-hydrogen) atoms. The molecule has 0 spiro atoms. The second-order valence-electron chi connectivity index (χ2n) is 5.11. The van der Waals surface area contributed by atoms with Gasteiger partial charge in [0.2, 0.25) is 0 Å². The quantitative estimate of drug-likeness (QED) is 0.862. The van der Waals surface area contributed by atoms with Gasteiger partial charge in [-0.25, -0.2) is 4.79 Å². The van der Waals surface area contributed by atoms with E-state index in [2.05, 4.69) is 5.32 Å². The number of likely N-dealkylation sites (N-methyl/N-ethyl adjacent to an activating group) is 1. The lowest BCUT2D eigenvalue weighted by Crippen LogP contribution is -2.41. The molecule has 0 aliphatic carbocycles. The molecular weight excluding hydrogens is 228 g/mol. The Morgan fingerprint density at radius 3 is 2.56 bits per heavy atom. The molecule has 4 nitrogen and oxygen atoms in total. The molecule has 2 N–H and O–H groups in total. The summed E-state index contributed by atoms with van der Waals surface area (Å²) in [5.74, 6) is 0. The van der Waals surface area contributed by atoms with E-state index in [4.69, 9.17) is 0 Å². The fourth-order valence-corrected chi connectivity index (χ4v) is 1.81. The molecule has 0 bridgehead atoms. The number of hydrogen-bond acceptors (Lipinski definition) is 2. The van der Waals surface area contributed by atoms with Crippen LogP contribution in [0.25, 0.3) is 0 Å². The van der Waals surface area contributed by atoms with Crippen molar-refractivity contribution in [1.29, 1.82) is 0 Å². The predicted octanol–water partition coefficient (Wildman–Crippen LogP) is 2.48. The van der Waals surface area contributed by atoms with E-state index in [9.17, 15) is 9.90 Å². The lowest BCUT2D eigenvalue weighted by molar-refractivity contribution is 0.0550. The van der Waals surface area contributed by atoms with Gasteiger partial charge in [-0.2, -0.15) is 0 Å². The van der Waals surface area contributed by atoms with Gasteiger partial charge in [0.05, 0.1) is 12.1 Å². The van der Waals surface area contributed by atoms with Crippen LogP contribution in [-0.2, 0) is 6.42 Å². The van der Waals surface area contributed by atoms with Crippen molar-refractivity contribution >= 4 is 11.7 Å². The summed E-state index contributed by atoms with van der Waals surface area (Å²) in [6.07, 6.45) is 0.867. The highest BCUT2D eigenvalue weighted by Crippen LogP contribution is 2.16. The van der Waals surface area contributed by atoms with Crippen LogP contribution >= 0.6 is 0 Å². The van der Waals surface area contributed by atoms with E-state index >= 15 is 0 Å². The number of rotatable bonds is 4. The highest BCUT2D eigenvalue weighted by atomic mass is 16.3. The Balaban J connectivity index is 2.70. The van der Waals surface area contributed by atoms with Gasteiger partial charge in [0, 0.05) is 12.7 Å². The van der Waals surface area contributed by atoms with E-state index in [1.807, 2.05) is 31.2 Å². The van der Waals surface area contributed by atoms with Gasteiger partial charge in [0.25, 0.3) is 0 Å². The number of benzene rings is 1. The van der Waals surface area contributed by atoms with E-state index in [0.717, 1.165) is 17.7 Å². The first-order chi connectivity index (χ1) is 8.33. The van der Waals surface area contributed by atoms with Crippen LogP contribution in [0.15, 0.2) is 24.3 Å². The van der Waals surface area contributed by atoms with Gasteiger partial charge in [-0.1, -0.05) is 25.1 Å². The summed E-state index contributed by atoms with van der Waals surface area (Å²) in [6, 6.07) is 7.51. The van der Waals surface area contributed by atoms with Crippen molar-refractivity contribution in [3.63, 3.8) is 0 Å². The predicted molar refractivity (Wildman–Crippen MR) is 73.8 cm³/mol. The Morgan fingerprint density at radius 2 is 2.00 bits per heavy atom. The summed E-state index contributed by atoms with van der Waals surface area (Å²) >= 11 is 0. The maximum atomic E-state index is 12.0. The standard InChI is InChI=1S/C14H22N2O2/c1-5-11-8-6-7-9-12(11)15-13(17)16(4)10-14(2,3)18/h6-9,18H,5,10H2,1-4H3,(H,15,17). The zero-order valence-electron chi connectivity index (χ0n) is 11.5. The Hall–Kier alpha value is -1.55. The molecule has 0 aliphatic rings. The molecule has 0 atom stereocenters. The maximum Gasteiger partial charge on any atom is 0.321 e. The molecule has 0 aliphatic heterocycles. The summed E-state index contributed by atoms with van der Waals surface area (Å²) in [5, 5.41) is 12.5. The molecule has 0 unspecified atom stereocenters. The van der Waals surface area contributed by atoms with Crippen LogP contribution in [0.5, 0.6) is 0 Å².